The molecule has 1 aliphatic rings. The number of rotatable bonds is 6. The monoisotopic (exact) mass is 571 g/mol. The number of nitrogens with two attached hydrogens (primary N) is 1. The summed E-state index contributed by atoms with van der Waals surface area (Å²) in [6.45, 7) is 4.62. The Kier molecular flexibility index (Phi) is 9.36. The Labute approximate surface area is 235 Å². The maximum atomic E-state index is 11.4. The third-order valence-electron chi connectivity index (χ3n) is 6.06. The number of nitrogen functional groups attached to an aromatic ring is 1. The summed E-state index contributed by atoms with van der Waals surface area (Å²) < 4.78 is 15.8. The van der Waals surface area contributed by atoms with Gasteiger partial charge in [0.25, 0.3) is 0 Å². The number of fused-ring (bicyclic) bond motifs is 1. The van der Waals surface area contributed by atoms with Gasteiger partial charge in [-0.25, -0.2) is 9.78 Å². The largest absolute Gasteiger partial charge is 0.495 e. The molecule has 1 saturated heterocycles. The first-order valence-electron chi connectivity index (χ1n) is 11.9. The molecule has 3 N–H and O–H groups in total. The van der Waals surface area contributed by atoms with E-state index in [1.54, 1.807) is 12.1 Å². The van der Waals surface area contributed by atoms with Crippen LogP contribution in [0.1, 0.15) is 15.9 Å². The van der Waals surface area contributed by atoms with Crippen molar-refractivity contribution >= 4 is 46.0 Å². The zero-order valence-electron chi connectivity index (χ0n) is 21.4. The van der Waals surface area contributed by atoms with Crippen LogP contribution in [-0.2, 0) is 11.3 Å². The molecule has 1 aliphatic heterocycles. The molecule has 3 heterocycles. The van der Waals surface area contributed by atoms with Gasteiger partial charge in [0, 0.05) is 55.4 Å². The predicted octanol–water partition coefficient (Wildman–Crippen LogP) is 4.82. The molecule has 0 saturated carbocycles. The molecule has 204 valence electrons. The molecule has 0 bridgehead atoms. The number of nitrogens with zero attached hydrogens (tertiary/aromatic N) is 4. The Morgan fingerprint density at radius 1 is 1.00 bits per heavy atom. The van der Waals surface area contributed by atoms with Gasteiger partial charge in [-0.1, -0.05) is 35.3 Å². The number of ether oxygens (including phenoxy) is 3. The lowest BCUT2D eigenvalue weighted by atomic mass is 10.00. The molecule has 4 aromatic rings. The van der Waals surface area contributed by atoms with E-state index in [4.69, 9.17) is 43.1 Å². The zero-order chi connectivity index (χ0) is 27.9. The van der Waals surface area contributed by atoms with Crippen LogP contribution in [0.2, 0.25) is 10.0 Å². The van der Waals surface area contributed by atoms with Crippen molar-refractivity contribution < 1.29 is 24.1 Å². The van der Waals surface area contributed by atoms with Crippen molar-refractivity contribution in [2.45, 2.75) is 6.54 Å². The van der Waals surface area contributed by atoms with E-state index in [0.717, 1.165) is 32.8 Å². The third-order valence-corrected chi connectivity index (χ3v) is 6.81. The topological polar surface area (TPSA) is 133 Å². The molecule has 0 unspecified atom stereocenters. The van der Waals surface area contributed by atoms with Crippen molar-refractivity contribution in [3.63, 3.8) is 0 Å². The number of carbonyl (C=O) groups is 1. The lowest BCUT2D eigenvalue weighted by molar-refractivity contribution is 0.0341. The number of pyridine rings is 1. The molecule has 5 rings (SSSR count). The first-order chi connectivity index (χ1) is 18.8. The van der Waals surface area contributed by atoms with Crippen LogP contribution >= 0.6 is 23.2 Å². The van der Waals surface area contributed by atoms with E-state index >= 15 is 0 Å². The van der Waals surface area contributed by atoms with Gasteiger partial charge in [0.05, 0.1) is 48.6 Å². The van der Waals surface area contributed by atoms with Gasteiger partial charge in [-0.05, 0) is 17.7 Å². The molecule has 39 heavy (non-hydrogen) atoms. The summed E-state index contributed by atoms with van der Waals surface area (Å²) in [5.41, 5.74) is 8.32. The van der Waals surface area contributed by atoms with E-state index in [0.29, 0.717) is 34.0 Å². The summed E-state index contributed by atoms with van der Waals surface area (Å²) in [6, 6.07) is 8.47. The van der Waals surface area contributed by atoms with Crippen molar-refractivity contribution in [2.75, 3.05) is 46.3 Å². The van der Waals surface area contributed by atoms with Crippen molar-refractivity contribution in [1.29, 1.82) is 0 Å². The van der Waals surface area contributed by atoms with Crippen LogP contribution in [0.3, 0.4) is 0 Å². The summed E-state index contributed by atoms with van der Waals surface area (Å²) in [5, 5.41) is 9.89. The number of carboxylic acids is 1. The summed E-state index contributed by atoms with van der Waals surface area (Å²) >= 11 is 12.9. The minimum atomic E-state index is -1.10. The highest BCUT2D eigenvalue weighted by Gasteiger charge is 2.23. The van der Waals surface area contributed by atoms with Gasteiger partial charge < -0.3 is 25.1 Å². The van der Waals surface area contributed by atoms with Gasteiger partial charge in [0.2, 0.25) is 0 Å². The molecule has 0 spiro atoms. The van der Waals surface area contributed by atoms with Crippen LogP contribution in [0.5, 0.6) is 11.5 Å². The second kappa shape index (κ2) is 12.9. The maximum absolute atomic E-state index is 11.4. The Morgan fingerprint density at radius 3 is 2.21 bits per heavy atom. The lowest BCUT2D eigenvalue weighted by Gasteiger charge is -2.26. The Hall–Kier alpha value is -3.70. The molecule has 0 radical (unpaired) electrons. The molecule has 1 fully saturated rings. The molecule has 0 amide bonds. The maximum Gasteiger partial charge on any atom is 0.337 e. The van der Waals surface area contributed by atoms with Crippen molar-refractivity contribution in [3.05, 3.63) is 70.1 Å². The van der Waals surface area contributed by atoms with E-state index in [9.17, 15) is 9.90 Å². The van der Waals surface area contributed by atoms with Crippen molar-refractivity contribution in [1.82, 2.24) is 19.9 Å². The number of hydrogen-bond donors (Lipinski definition) is 2. The first kappa shape index (κ1) is 28.3. The third kappa shape index (κ3) is 6.48. The Bertz CT molecular complexity index is 1440. The highest BCUT2D eigenvalue weighted by molar-refractivity contribution is 6.41. The zero-order valence-corrected chi connectivity index (χ0v) is 22.9. The molecule has 0 atom stereocenters. The minimum Gasteiger partial charge on any atom is -0.495 e. The van der Waals surface area contributed by atoms with Crippen LogP contribution in [0.25, 0.3) is 22.2 Å². The van der Waals surface area contributed by atoms with Crippen LogP contribution in [0, 0.1) is 0 Å². The van der Waals surface area contributed by atoms with Crippen molar-refractivity contribution in [3.8, 4) is 22.6 Å². The number of methoxy groups -OCH3 is 2. The average Bonchev–Trinajstić information content (AvgIpc) is 2.95. The molecule has 2 aromatic carbocycles. The molecular weight excluding hydrogens is 545 g/mol. The Morgan fingerprint density at radius 2 is 1.64 bits per heavy atom. The van der Waals surface area contributed by atoms with Gasteiger partial charge in [0.1, 0.15) is 22.8 Å². The fourth-order valence-corrected chi connectivity index (χ4v) is 4.80. The van der Waals surface area contributed by atoms with E-state index in [1.807, 2.05) is 18.3 Å². The van der Waals surface area contributed by atoms with Gasteiger partial charge >= 0.3 is 5.97 Å². The second-order valence-electron chi connectivity index (χ2n) is 8.48. The molecule has 12 heteroatoms. The number of halogens is 2. The Balaban J connectivity index is 0.000000212. The summed E-state index contributed by atoms with van der Waals surface area (Å²) in [4.78, 5) is 26.3. The molecule has 10 nitrogen and oxygen atoms in total. The normalized spacial score (nSPS) is 13.4. The van der Waals surface area contributed by atoms with Gasteiger partial charge in [-0.2, -0.15) is 0 Å². The van der Waals surface area contributed by atoms with E-state index < -0.39 is 5.97 Å². The number of aromatic carboxylic acids is 1. The number of morpholine rings is 1. The number of benzene rings is 2. The fraction of sp³-hybridized carbons (Fsp3) is 0.259. The van der Waals surface area contributed by atoms with Gasteiger partial charge in [-0.15, -0.1) is 0 Å². The van der Waals surface area contributed by atoms with Gasteiger partial charge in [0.15, 0.2) is 0 Å². The summed E-state index contributed by atoms with van der Waals surface area (Å²) in [6.07, 6.45) is 4.73. The van der Waals surface area contributed by atoms with Crippen molar-refractivity contribution in [2.24, 2.45) is 0 Å². The minimum absolute atomic E-state index is 0.0361. The number of anilines is 1. The average molecular weight is 572 g/mol. The highest BCUT2D eigenvalue weighted by atomic mass is 35.5. The van der Waals surface area contributed by atoms with E-state index in [2.05, 4.69) is 19.9 Å². The fourth-order valence-electron chi connectivity index (χ4n) is 4.10. The lowest BCUT2D eigenvalue weighted by Crippen LogP contribution is -2.35. The van der Waals surface area contributed by atoms with E-state index in [1.165, 1.54) is 38.2 Å². The summed E-state index contributed by atoms with van der Waals surface area (Å²) in [7, 11) is 2.95. The highest BCUT2D eigenvalue weighted by Crippen LogP contribution is 2.47. The number of carboxylic acid groups (broad SMARTS) is 1. The molecular formula is C27H27Cl2N5O5. The molecule has 2 aromatic heterocycles. The first-order valence-corrected chi connectivity index (χ1v) is 12.7. The predicted molar refractivity (Wildman–Crippen MR) is 150 cm³/mol. The van der Waals surface area contributed by atoms with Crippen LogP contribution in [0.4, 0.5) is 5.82 Å². The number of hydrogen-bond acceptors (Lipinski definition) is 9. The summed E-state index contributed by atoms with van der Waals surface area (Å²) in [5.74, 6) is 0.225. The van der Waals surface area contributed by atoms with E-state index in [-0.39, 0.29) is 21.1 Å². The van der Waals surface area contributed by atoms with Crippen LogP contribution in [-0.4, -0.2) is 71.5 Å². The second-order valence-corrected chi connectivity index (χ2v) is 9.24. The van der Waals surface area contributed by atoms with Crippen LogP contribution in [0.15, 0.2) is 48.9 Å². The quantitative estimate of drug-likeness (QED) is 0.332. The molecule has 0 aliphatic carbocycles. The number of aromatic nitrogens is 3. The van der Waals surface area contributed by atoms with Gasteiger partial charge in [-0.3, -0.25) is 14.9 Å². The SMILES string of the molecule is COc1cc(OC)c(Cl)c(-c2ccc(C(=O)O)c3nccnc23)c1Cl.Nc1ccc(CN2CCOCC2)cn1. The smallest absolute Gasteiger partial charge is 0.337 e. The van der Waals surface area contributed by atoms with Crippen LogP contribution < -0.4 is 15.2 Å². The standard InChI is InChI=1S/C17H12Cl2N2O4.C10H15N3O/c1-24-10-7-11(25-2)14(19)12(13(10)18)8-3-4-9(17(22)23)16-15(8)20-5-6-21-16;11-10-2-1-9(7-12-10)8-13-3-5-14-6-4-13/h3-7H,1-2H3,(H,22,23);1-2,7H,3-6,8H2,(H2,11,12).